The van der Waals surface area contributed by atoms with Crippen LogP contribution in [-0.2, 0) is 35.2 Å². The summed E-state index contributed by atoms with van der Waals surface area (Å²) >= 11 is 0. The van der Waals surface area contributed by atoms with Crippen molar-refractivity contribution in [1.29, 1.82) is 0 Å². The van der Waals surface area contributed by atoms with E-state index in [1.54, 1.807) is 0 Å². The van der Waals surface area contributed by atoms with Crippen LogP contribution in [0.4, 0.5) is 0 Å². The minimum atomic E-state index is -1.83. The highest BCUT2D eigenvalue weighted by Gasteiger charge is 2.33. The number of phenolic OH excluding ortho intramolecular Hbond substituents is 1. The molecular weight excluding hydrogens is 482 g/mol. The molecule has 36 heavy (non-hydrogen) atoms. The topological polar surface area (TPSA) is 271 Å². The third-order valence-electron chi connectivity index (χ3n) is 4.82. The Kier molecular flexibility index (Phi) is 11.3. The number of hydrogen-bond donors (Lipinski definition) is 9. The minimum Gasteiger partial charge on any atom is -0.508 e. The Hall–Kier alpha value is -4.24. The van der Waals surface area contributed by atoms with Gasteiger partial charge in [-0.25, -0.2) is 4.79 Å². The lowest BCUT2D eigenvalue weighted by Gasteiger charge is -2.25. The van der Waals surface area contributed by atoms with Crippen molar-refractivity contribution in [3.8, 4) is 5.75 Å². The molecule has 1 rings (SSSR count). The Morgan fingerprint density at radius 2 is 1.42 bits per heavy atom. The molecule has 4 amide bonds. The van der Waals surface area contributed by atoms with Gasteiger partial charge in [0.05, 0.1) is 25.0 Å². The molecule has 0 aliphatic rings. The summed E-state index contributed by atoms with van der Waals surface area (Å²) in [6.45, 7) is 1.15. The number of carboxylic acids is 2. The monoisotopic (exact) mass is 511 g/mol. The lowest BCUT2D eigenvalue weighted by Crippen LogP contribution is -2.60. The second-order valence-corrected chi connectivity index (χ2v) is 7.93. The summed E-state index contributed by atoms with van der Waals surface area (Å²) in [4.78, 5) is 71.1. The van der Waals surface area contributed by atoms with Gasteiger partial charge in [-0.15, -0.1) is 0 Å². The number of nitrogens with one attached hydrogen (secondary N) is 3. The molecule has 1 aromatic carbocycles. The van der Waals surface area contributed by atoms with Crippen LogP contribution < -0.4 is 27.4 Å². The zero-order chi connectivity index (χ0) is 27.6. The van der Waals surface area contributed by atoms with E-state index in [4.69, 9.17) is 21.7 Å². The molecule has 0 heterocycles. The molecule has 5 atom stereocenters. The predicted octanol–water partition coefficient (Wildman–Crippen LogP) is -3.47. The number of carbonyl (C=O) groups is 6. The number of nitrogens with two attached hydrogens (primary N) is 2. The highest BCUT2D eigenvalue weighted by Crippen LogP contribution is 2.11. The molecule has 0 saturated heterocycles. The van der Waals surface area contributed by atoms with Crippen molar-refractivity contribution in [3.05, 3.63) is 29.8 Å². The van der Waals surface area contributed by atoms with Gasteiger partial charge in [0.2, 0.25) is 23.6 Å². The van der Waals surface area contributed by atoms with Crippen LogP contribution in [0.15, 0.2) is 24.3 Å². The van der Waals surface area contributed by atoms with Crippen LogP contribution in [0.3, 0.4) is 0 Å². The molecular formula is C21H29N5O10. The second-order valence-electron chi connectivity index (χ2n) is 7.93. The number of carbonyl (C=O) groups excluding carboxylic acids is 4. The van der Waals surface area contributed by atoms with Crippen molar-refractivity contribution in [2.45, 2.75) is 56.5 Å². The van der Waals surface area contributed by atoms with Gasteiger partial charge >= 0.3 is 11.9 Å². The van der Waals surface area contributed by atoms with Crippen LogP contribution in [-0.4, -0.2) is 86.3 Å². The van der Waals surface area contributed by atoms with Gasteiger partial charge in [-0.2, -0.15) is 0 Å². The average Bonchev–Trinajstić information content (AvgIpc) is 2.76. The highest BCUT2D eigenvalue weighted by molar-refractivity contribution is 5.96. The number of rotatable bonds is 14. The van der Waals surface area contributed by atoms with E-state index in [2.05, 4.69) is 5.32 Å². The molecule has 0 fully saturated rings. The highest BCUT2D eigenvalue weighted by atomic mass is 16.4. The SMILES string of the molecule is CC(O)C(NC(=O)C(N)Cc1ccc(O)cc1)C(=O)NC(CC(=O)O)C(=O)NC(CC(N)=O)C(=O)O. The third kappa shape index (κ3) is 9.94. The van der Waals surface area contributed by atoms with E-state index in [1.165, 1.54) is 24.3 Å². The zero-order valence-corrected chi connectivity index (χ0v) is 19.2. The Bertz CT molecular complexity index is 982. The zero-order valence-electron chi connectivity index (χ0n) is 19.2. The molecule has 198 valence electrons. The van der Waals surface area contributed by atoms with Gasteiger partial charge in [-0.3, -0.25) is 24.0 Å². The number of aliphatic hydroxyl groups is 1. The number of phenols is 1. The van der Waals surface area contributed by atoms with E-state index in [0.29, 0.717) is 5.56 Å². The molecule has 0 spiro atoms. The van der Waals surface area contributed by atoms with Gasteiger partial charge in [0.1, 0.15) is 23.9 Å². The average molecular weight is 511 g/mol. The van der Waals surface area contributed by atoms with Crippen LogP contribution in [0.1, 0.15) is 25.3 Å². The quantitative estimate of drug-likeness (QED) is 0.118. The Morgan fingerprint density at radius 1 is 0.861 bits per heavy atom. The number of carboxylic acid groups (broad SMARTS) is 2. The maximum atomic E-state index is 12.7. The molecule has 0 aliphatic carbocycles. The smallest absolute Gasteiger partial charge is 0.326 e. The summed E-state index contributed by atoms with van der Waals surface area (Å²) in [5.74, 6) is -7.47. The van der Waals surface area contributed by atoms with Crippen molar-refractivity contribution < 1.29 is 49.2 Å². The van der Waals surface area contributed by atoms with E-state index in [0.717, 1.165) is 6.92 Å². The fourth-order valence-electron chi connectivity index (χ4n) is 2.96. The first-order valence-corrected chi connectivity index (χ1v) is 10.6. The lowest BCUT2D eigenvalue weighted by molar-refractivity contribution is -0.145. The van der Waals surface area contributed by atoms with Gasteiger partial charge in [0.15, 0.2) is 0 Å². The molecule has 0 aliphatic heterocycles. The normalized spacial score (nSPS) is 14.9. The summed E-state index contributed by atoms with van der Waals surface area (Å²) in [5.41, 5.74) is 11.4. The van der Waals surface area contributed by atoms with E-state index in [9.17, 15) is 39.0 Å². The first kappa shape index (κ1) is 29.8. The molecule has 5 unspecified atom stereocenters. The van der Waals surface area contributed by atoms with Crippen molar-refractivity contribution >= 4 is 35.6 Å². The minimum absolute atomic E-state index is 0.00636. The third-order valence-corrected chi connectivity index (χ3v) is 4.82. The fraction of sp³-hybridized carbons (Fsp3) is 0.429. The van der Waals surface area contributed by atoms with Gasteiger partial charge in [0.25, 0.3) is 0 Å². The summed E-state index contributed by atoms with van der Waals surface area (Å²) < 4.78 is 0. The number of amides is 4. The number of hydrogen-bond acceptors (Lipinski definition) is 9. The maximum Gasteiger partial charge on any atom is 0.326 e. The van der Waals surface area contributed by atoms with Gasteiger partial charge < -0.3 is 47.8 Å². The summed E-state index contributed by atoms with van der Waals surface area (Å²) in [6.07, 6.45) is -3.27. The first-order valence-electron chi connectivity index (χ1n) is 10.6. The number of aliphatic hydroxyl groups excluding tert-OH is 1. The fourth-order valence-corrected chi connectivity index (χ4v) is 2.96. The van der Waals surface area contributed by atoms with Gasteiger partial charge in [-0.05, 0) is 31.0 Å². The van der Waals surface area contributed by atoms with E-state index in [-0.39, 0.29) is 12.2 Å². The van der Waals surface area contributed by atoms with Crippen molar-refractivity contribution in [1.82, 2.24) is 16.0 Å². The predicted molar refractivity (Wildman–Crippen MR) is 121 cm³/mol. The van der Waals surface area contributed by atoms with Gasteiger partial charge in [-0.1, -0.05) is 12.1 Å². The van der Waals surface area contributed by atoms with E-state index < -0.39 is 78.7 Å². The molecule has 0 aromatic heterocycles. The molecule has 1 aromatic rings. The Labute approximate surface area is 204 Å². The molecule has 0 saturated carbocycles. The molecule has 0 bridgehead atoms. The standard InChI is InChI=1S/C21H29N5O10/c1-9(27)17(26-18(32)12(22)6-10-2-4-11(28)5-3-10)20(34)24-13(8-16(30)31)19(33)25-14(21(35)36)7-15(23)29/h2-5,9,12-14,17,27-28H,6-8,22H2,1H3,(H2,23,29)(H,24,34)(H,25,33)(H,26,32)(H,30,31)(H,35,36). The largest absolute Gasteiger partial charge is 0.508 e. The molecule has 11 N–H and O–H groups in total. The lowest BCUT2D eigenvalue weighted by atomic mass is 10.0. The van der Waals surface area contributed by atoms with Crippen molar-refractivity contribution in [2.75, 3.05) is 0 Å². The van der Waals surface area contributed by atoms with Crippen LogP contribution >= 0.6 is 0 Å². The summed E-state index contributed by atoms with van der Waals surface area (Å²) in [7, 11) is 0. The molecule has 15 nitrogen and oxygen atoms in total. The van der Waals surface area contributed by atoms with Crippen LogP contribution in [0.25, 0.3) is 0 Å². The van der Waals surface area contributed by atoms with E-state index in [1.807, 2.05) is 10.6 Å². The maximum absolute atomic E-state index is 12.7. The molecule has 15 heteroatoms. The van der Waals surface area contributed by atoms with Crippen molar-refractivity contribution in [3.63, 3.8) is 0 Å². The number of aliphatic carboxylic acids is 2. The summed E-state index contributed by atoms with van der Waals surface area (Å²) in [5, 5.41) is 43.7. The number of benzene rings is 1. The van der Waals surface area contributed by atoms with Crippen LogP contribution in [0, 0.1) is 0 Å². The summed E-state index contributed by atoms with van der Waals surface area (Å²) in [6, 6.07) is -0.615. The van der Waals surface area contributed by atoms with Crippen LogP contribution in [0.5, 0.6) is 5.75 Å². The van der Waals surface area contributed by atoms with E-state index >= 15 is 0 Å². The first-order chi connectivity index (χ1) is 16.7. The van der Waals surface area contributed by atoms with Gasteiger partial charge in [0, 0.05) is 0 Å². The Morgan fingerprint density at radius 3 is 1.89 bits per heavy atom. The molecule has 0 radical (unpaired) electrons. The second kappa shape index (κ2) is 13.6. The number of aromatic hydroxyl groups is 1. The Balaban J connectivity index is 2.94. The number of primary amides is 1. The van der Waals surface area contributed by atoms with Crippen LogP contribution in [0.2, 0.25) is 0 Å². The van der Waals surface area contributed by atoms with Crippen molar-refractivity contribution in [2.24, 2.45) is 11.5 Å².